The van der Waals surface area contributed by atoms with Gasteiger partial charge in [-0.3, -0.25) is 9.59 Å². The van der Waals surface area contributed by atoms with E-state index in [2.05, 4.69) is 47.7 Å². The molecule has 0 radical (unpaired) electrons. The van der Waals surface area contributed by atoms with Crippen LogP contribution in [0.3, 0.4) is 0 Å². The molecule has 7 nitrogen and oxygen atoms in total. The number of nitrogens with one attached hydrogen (secondary N) is 2. The predicted molar refractivity (Wildman–Crippen MR) is 127 cm³/mol. The van der Waals surface area contributed by atoms with Crippen molar-refractivity contribution in [2.45, 2.75) is 0 Å². The van der Waals surface area contributed by atoms with E-state index in [0.29, 0.717) is 10.0 Å². The highest BCUT2D eigenvalue weighted by molar-refractivity contribution is 9.11. The summed E-state index contributed by atoms with van der Waals surface area (Å²) in [6.07, 6.45) is 2.76. The summed E-state index contributed by atoms with van der Waals surface area (Å²) in [6.45, 7) is 0. The van der Waals surface area contributed by atoms with Gasteiger partial charge in [0, 0.05) is 16.0 Å². The molecule has 0 aliphatic rings. The fourth-order valence-corrected chi connectivity index (χ4v) is 4.20. The average Bonchev–Trinajstić information content (AvgIpc) is 3.29. The van der Waals surface area contributed by atoms with E-state index in [4.69, 9.17) is 0 Å². The number of thiophene rings is 1. The number of halogens is 2. The third-order valence-corrected chi connectivity index (χ3v) is 6.10. The molecule has 3 rings (SSSR count). The molecule has 1 heterocycles. The smallest absolute Gasteiger partial charge is 0.287 e. The van der Waals surface area contributed by atoms with Gasteiger partial charge >= 0.3 is 0 Å². The van der Waals surface area contributed by atoms with Gasteiger partial charge in [0.25, 0.3) is 11.8 Å². The summed E-state index contributed by atoms with van der Waals surface area (Å²) in [7, 11) is 0. The van der Waals surface area contributed by atoms with Crippen LogP contribution in [0.5, 0.6) is 11.5 Å². The minimum Gasteiger partial charge on any atom is -0.506 e. The first-order chi connectivity index (χ1) is 14.9. The van der Waals surface area contributed by atoms with Gasteiger partial charge in [0.15, 0.2) is 0 Å². The number of benzene rings is 2. The summed E-state index contributed by atoms with van der Waals surface area (Å²) in [4.78, 5) is 25.9. The molecule has 31 heavy (non-hydrogen) atoms. The number of phenolic OH excluding ortho intramolecular Hbond substituents is 2. The molecule has 2 aromatic carbocycles. The van der Waals surface area contributed by atoms with E-state index in [9.17, 15) is 19.8 Å². The molecule has 10 heteroatoms. The first-order valence-corrected chi connectivity index (χ1v) is 11.2. The van der Waals surface area contributed by atoms with Crippen molar-refractivity contribution in [2.75, 3.05) is 0 Å². The van der Waals surface area contributed by atoms with E-state index in [1.165, 1.54) is 23.6 Å². The molecule has 0 bridgehead atoms. The van der Waals surface area contributed by atoms with Crippen molar-refractivity contribution in [1.29, 1.82) is 0 Å². The number of hydrogen-bond acceptors (Lipinski definition) is 6. The van der Waals surface area contributed by atoms with Crippen LogP contribution in [0.25, 0.3) is 6.08 Å². The Hall–Kier alpha value is -2.95. The lowest BCUT2D eigenvalue weighted by Gasteiger charge is -2.09. The quantitative estimate of drug-likeness (QED) is 0.199. The normalized spacial score (nSPS) is 11.5. The van der Waals surface area contributed by atoms with Crippen molar-refractivity contribution in [3.05, 3.63) is 84.6 Å². The Morgan fingerprint density at radius 3 is 2.45 bits per heavy atom. The molecule has 1 aromatic heterocycles. The van der Waals surface area contributed by atoms with Crippen LogP contribution in [0.1, 0.15) is 20.8 Å². The zero-order chi connectivity index (χ0) is 22.4. The van der Waals surface area contributed by atoms with E-state index in [1.54, 1.807) is 42.5 Å². The first-order valence-electron chi connectivity index (χ1n) is 8.71. The standard InChI is InChI=1S/C21H15Br2N3O4S/c22-15-9-13(18(27)17(23)19(15)28)11-24-26-21(30)16(10-14-7-4-8-31-14)25-20(29)12-5-2-1-3-6-12/h1-11,27-28H,(H,25,29)(H,26,30)/b16-10?,24-11+. The molecule has 0 saturated carbocycles. The van der Waals surface area contributed by atoms with Gasteiger partial charge in [-0.2, -0.15) is 5.10 Å². The van der Waals surface area contributed by atoms with Crippen LogP contribution >= 0.6 is 43.2 Å². The van der Waals surface area contributed by atoms with Crippen molar-refractivity contribution >= 4 is 67.3 Å². The molecule has 0 unspecified atom stereocenters. The molecule has 0 saturated heterocycles. The summed E-state index contributed by atoms with van der Waals surface area (Å²) in [5.74, 6) is -1.49. The lowest BCUT2D eigenvalue weighted by Crippen LogP contribution is -2.32. The summed E-state index contributed by atoms with van der Waals surface area (Å²) in [6, 6.07) is 13.6. The second-order valence-electron chi connectivity index (χ2n) is 6.05. The number of carbonyl (C=O) groups excluding carboxylic acids is 2. The van der Waals surface area contributed by atoms with E-state index >= 15 is 0 Å². The zero-order valence-corrected chi connectivity index (χ0v) is 19.7. The maximum absolute atomic E-state index is 12.7. The molecule has 0 aliphatic heterocycles. The van der Waals surface area contributed by atoms with Gasteiger partial charge in [-0.05, 0) is 67.6 Å². The number of rotatable bonds is 6. The van der Waals surface area contributed by atoms with Gasteiger partial charge in [0.2, 0.25) is 0 Å². The lowest BCUT2D eigenvalue weighted by atomic mass is 10.2. The topological polar surface area (TPSA) is 111 Å². The van der Waals surface area contributed by atoms with Gasteiger partial charge in [-0.1, -0.05) is 24.3 Å². The van der Waals surface area contributed by atoms with Crippen molar-refractivity contribution < 1.29 is 19.8 Å². The molecule has 3 aromatic rings. The Balaban J connectivity index is 1.79. The fraction of sp³-hybridized carbons (Fsp3) is 0. The molecule has 158 valence electrons. The molecule has 0 spiro atoms. The van der Waals surface area contributed by atoms with Gasteiger partial charge in [0.05, 0.1) is 10.7 Å². The highest BCUT2D eigenvalue weighted by Crippen LogP contribution is 2.40. The minimum absolute atomic E-state index is 0.00532. The lowest BCUT2D eigenvalue weighted by molar-refractivity contribution is -0.117. The Morgan fingerprint density at radius 1 is 1.03 bits per heavy atom. The average molecular weight is 565 g/mol. The number of phenols is 2. The maximum Gasteiger partial charge on any atom is 0.287 e. The van der Waals surface area contributed by atoms with Crippen LogP contribution in [0.4, 0.5) is 0 Å². The minimum atomic E-state index is -0.648. The number of carbonyl (C=O) groups is 2. The maximum atomic E-state index is 12.7. The molecule has 2 amide bonds. The van der Waals surface area contributed by atoms with Crippen molar-refractivity contribution in [2.24, 2.45) is 5.10 Å². The third-order valence-electron chi connectivity index (χ3n) is 3.93. The Kier molecular flexibility index (Phi) is 7.61. The van der Waals surface area contributed by atoms with Crippen molar-refractivity contribution in [3.63, 3.8) is 0 Å². The van der Waals surface area contributed by atoms with E-state index < -0.39 is 11.8 Å². The summed E-state index contributed by atoms with van der Waals surface area (Å²) >= 11 is 7.64. The molecular formula is C21H15Br2N3O4S. The van der Waals surface area contributed by atoms with Crippen LogP contribution in [-0.4, -0.2) is 28.2 Å². The molecule has 0 atom stereocenters. The predicted octanol–water partition coefficient (Wildman–Crippen LogP) is 4.61. The van der Waals surface area contributed by atoms with Crippen LogP contribution in [0.2, 0.25) is 0 Å². The number of aromatic hydroxyl groups is 2. The van der Waals surface area contributed by atoms with Gasteiger partial charge in [-0.15, -0.1) is 11.3 Å². The van der Waals surface area contributed by atoms with Crippen molar-refractivity contribution in [1.82, 2.24) is 10.7 Å². The second-order valence-corrected chi connectivity index (χ2v) is 8.68. The molecule has 0 fully saturated rings. The Bertz CT molecular complexity index is 1160. The van der Waals surface area contributed by atoms with Crippen LogP contribution < -0.4 is 10.7 Å². The first kappa shape index (κ1) is 22.7. The SMILES string of the molecule is O=C(N/N=C/c1cc(Br)c(O)c(Br)c1O)C(=Cc1cccs1)NC(=O)c1ccccc1. The highest BCUT2D eigenvalue weighted by atomic mass is 79.9. The summed E-state index contributed by atoms with van der Waals surface area (Å²) < 4.78 is 0.418. The van der Waals surface area contributed by atoms with E-state index in [-0.39, 0.29) is 27.2 Å². The highest BCUT2D eigenvalue weighted by Gasteiger charge is 2.15. The van der Waals surface area contributed by atoms with Crippen LogP contribution in [0.15, 0.2) is 73.7 Å². The van der Waals surface area contributed by atoms with E-state index in [0.717, 1.165) is 4.88 Å². The number of hydrogen-bond donors (Lipinski definition) is 4. The molecule has 0 aliphatic carbocycles. The third kappa shape index (κ3) is 5.81. The Labute approximate surface area is 198 Å². The van der Waals surface area contributed by atoms with Gasteiger partial charge in [-0.25, -0.2) is 5.43 Å². The van der Waals surface area contributed by atoms with Gasteiger partial charge < -0.3 is 15.5 Å². The van der Waals surface area contributed by atoms with E-state index in [1.807, 2.05) is 11.4 Å². The number of nitrogens with zero attached hydrogens (tertiary/aromatic N) is 1. The van der Waals surface area contributed by atoms with Crippen molar-refractivity contribution in [3.8, 4) is 11.5 Å². The second kappa shape index (κ2) is 10.4. The zero-order valence-electron chi connectivity index (χ0n) is 15.7. The fourth-order valence-electron chi connectivity index (χ4n) is 2.39. The van der Waals surface area contributed by atoms with Crippen LogP contribution in [-0.2, 0) is 4.79 Å². The number of hydrazone groups is 1. The molecular weight excluding hydrogens is 550 g/mol. The largest absolute Gasteiger partial charge is 0.506 e. The summed E-state index contributed by atoms with van der Waals surface area (Å²) in [5, 5.41) is 28.2. The monoisotopic (exact) mass is 563 g/mol. The van der Waals surface area contributed by atoms with Gasteiger partial charge in [0.1, 0.15) is 21.7 Å². The number of amides is 2. The Morgan fingerprint density at radius 2 is 1.77 bits per heavy atom. The van der Waals surface area contributed by atoms with Crippen LogP contribution in [0, 0.1) is 0 Å². The summed E-state index contributed by atoms with van der Waals surface area (Å²) in [5.41, 5.74) is 2.98. The molecule has 4 N–H and O–H groups in total.